The van der Waals surface area contributed by atoms with Gasteiger partial charge in [0.15, 0.2) is 9.84 Å². The molecule has 0 aliphatic carbocycles. The fourth-order valence-electron chi connectivity index (χ4n) is 4.53. The Hall–Kier alpha value is -2.26. The van der Waals surface area contributed by atoms with Gasteiger partial charge in [-0.25, -0.2) is 8.42 Å². The second-order valence-electron chi connectivity index (χ2n) is 7.98. The molecule has 1 aromatic heterocycles. The average molecular weight is 419 g/mol. The Balaban J connectivity index is 1.49. The topological polar surface area (TPSA) is 94.4 Å². The molecule has 0 radical (unpaired) electrons. The minimum atomic E-state index is -3.48. The van der Waals surface area contributed by atoms with E-state index in [0.29, 0.717) is 26.3 Å². The van der Waals surface area contributed by atoms with Crippen molar-refractivity contribution >= 4 is 15.7 Å². The molecular formula is C20H26N4O4S. The van der Waals surface area contributed by atoms with Crippen molar-refractivity contribution < 1.29 is 17.9 Å². The first-order valence-electron chi connectivity index (χ1n) is 9.88. The molecule has 8 nitrogen and oxygen atoms in total. The summed E-state index contributed by atoms with van der Waals surface area (Å²) in [7, 11) is -1.56. The molecule has 2 fully saturated rings. The lowest BCUT2D eigenvalue weighted by atomic mass is 9.72. The number of ether oxygens (including phenoxy) is 1. The van der Waals surface area contributed by atoms with Gasteiger partial charge in [-0.05, 0) is 25.0 Å². The van der Waals surface area contributed by atoms with Crippen LogP contribution < -0.4 is 0 Å². The molecule has 0 bridgehead atoms. The van der Waals surface area contributed by atoms with Gasteiger partial charge in [0.05, 0.1) is 10.6 Å². The summed E-state index contributed by atoms with van der Waals surface area (Å²) in [5, 5.41) is 8.32. The fraction of sp³-hybridized carbons (Fsp3) is 0.550. The summed E-state index contributed by atoms with van der Waals surface area (Å²) in [5.41, 5.74) is -0.0903. The number of hydrogen-bond donors (Lipinski definition) is 0. The van der Waals surface area contributed by atoms with Crippen LogP contribution in [0.15, 0.2) is 41.6 Å². The molecule has 156 valence electrons. The van der Waals surface area contributed by atoms with Crippen molar-refractivity contribution in [2.45, 2.75) is 30.1 Å². The highest BCUT2D eigenvalue weighted by Gasteiger charge is 2.50. The van der Waals surface area contributed by atoms with Gasteiger partial charge in [0.1, 0.15) is 12.2 Å². The Labute approximate surface area is 170 Å². The highest BCUT2D eigenvalue weighted by atomic mass is 32.2. The molecule has 9 heteroatoms. The molecule has 1 amide bonds. The molecule has 1 spiro atoms. The number of sulfone groups is 1. The van der Waals surface area contributed by atoms with Crippen molar-refractivity contribution in [1.29, 1.82) is 0 Å². The van der Waals surface area contributed by atoms with Crippen LogP contribution in [-0.2, 0) is 26.4 Å². The molecule has 1 aromatic carbocycles. The lowest BCUT2D eigenvalue weighted by molar-refractivity contribution is -0.130. The summed E-state index contributed by atoms with van der Waals surface area (Å²) in [6, 6.07) is 8.28. The number of likely N-dealkylation sites (tertiary alicyclic amines) is 1. The number of carbonyl (C=O) groups excluding carboxylic acids is 1. The van der Waals surface area contributed by atoms with Gasteiger partial charge in [-0.15, -0.1) is 10.2 Å². The number of aryl methyl sites for hydroxylation is 1. The molecular weight excluding hydrogens is 392 g/mol. The van der Waals surface area contributed by atoms with E-state index in [2.05, 4.69) is 10.2 Å². The van der Waals surface area contributed by atoms with Gasteiger partial charge in [0, 0.05) is 51.1 Å². The highest BCUT2D eigenvalue weighted by Crippen LogP contribution is 2.49. The molecule has 4 rings (SSSR count). The molecule has 29 heavy (non-hydrogen) atoms. The van der Waals surface area contributed by atoms with Crippen molar-refractivity contribution in [3.63, 3.8) is 0 Å². The van der Waals surface area contributed by atoms with E-state index >= 15 is 0 Å². The molecule has 0 saturated carbocycles. The van der Waals surface area contributed by atoms with Crippen molar-refractivity contribution in [2.24, 2.45) is 12.5 Å². The summed E-state index contributed by atoms with van der Waals surface area (Å²) in [5.74, 6) is 0.643. The van der Waals surface area contributed by atoms with E-state index in [1.165, 1.54) is 0 Å². The zero-order valence-corrected chi connectivity index (χ0v) is 17.3. The van der Waals surface area contributed by atoms with E-state index in [1.54, 1.807) is 36.7 Å². The zero-order valence-electron chi connectivity index (χ0n) is 16.5. The van der Waals surface area contributed by atoms with Gasteiger partial charge in [-0.2, -0.15) is 0 Å². The number of aromatic nitrogens is 3. The first-order valence-corrected chi connectivity index (χ1v) is 11.5. The van der Waals surface area contributed by atoms with E-state index in [0.717, 1.165) is 18.7 Å². The van der Waals surface area contributed by atoms with Crippen molar-refractivity contribution in [3.8, 4) is 0 Å². The van der Waals surface area contributed by atoms with Crippen LogP contribution in [0.5, 0.6) is 0 Å². The second kappa shape index (κ2) is 7.87. The summed E-state index contributed by atoms with van der Waals surface area (Å²) < 4.78 is 32.5. The van der Waals surface area contributed by atoms with E-state index < -0.39 is 9.84 Å². The predicted molar refractivity (Wildman–Crippen MR) is 106 cm³/mol. The quantitative estimate of drug-likeness (QED) is 0.729. The normalized spacial score (nSPS) is 21.6. The third kappa shape index (κ3) is 3.93. The fourth-order valence-corrected chi connectivity index (χ4v) is 5.78. The number of hydrogen-bond acceptors (Lipinski definition) is 6. The number of amides is 1. The molecule has 2 aliphatic heterocycles. The molecule has 1 atom stereocenters. The summed E-state index contributed by atoms with van der Waals surface area (Å²) in [6.07, 6.45) is 3.38. The second-order valence-corrected chi connectivity index (χ2v) is 10.1. The van der Waals surface area contributed by atoms with E-state index in [-0.39, 0.29) is 34.3 Å². The maximum absolute atomic E-state index is 12.9. The van der Waals surface area contributed by atoms with Crippen LogP contribution in [0, 0.1) is 5.41 Å². The number of rotatable bonds is 5. The van der Waals surface area contributed by atoms with Gasteiger partial charge >= 0.3 is 0 Å². The van der Waals surface area contributed by atoms with Gasteiger partial charge in [0.2, 0.25) is 5.91 Å². The minimum Gasteiger partial charge on any atom is -0.381 e. The molecule has 3 heterocycles. The van der Waals surface area contributed by atoms with Crippen LogP contribution in [0.1, 0.15) is 31.0 Å². The largest absolute Gasteiger partial charge is 0.381 e. The summed E-state index contributed by atoms with van der Waals surface area (Å²) in [6.45, 7) is 2.48. The average Bonchev–Trinajstić information content (AvgIpc) is 3.31. The van der Waals surface area contributed by atoms with Crippen molar-refractivity contribution in [3.05, 3.63) is 42.5 Å². The van der Waals surface area contributed by atoms with Crippen LogP contribution in [0.3, 0.4) is 0 Å². The lowest BCUT2D eigenvalue weighted by Crippen LogP contribution is -2.38. The minimum absolute atomic E-state index is 0.0185. The van der Waals surface area contributed by atoms with E-state index in [9.17, 15) is 13.2 Å². The van der Waals surface area contributed by atoms with Crippen LogP contribution in [0.4, 0.5) is 0 Å². The van der Waals surface area contributed by atoms with Gasteiger partial charge in [-0.1, -0.05) is 18.2 Å². The van der Waals surface area contributed by atoms with Gasteiger partial charge in [0.25, 0.3) is 0 Å². The van der Waals surface area contributed by atoms with Crippen LogP contribution >= 0.6 is 0 Å². The van der Waals surface area contributed by atoms with Crippen LogP contribution in [0.2, 0.25) is 0 Å². The third-order valence-electron chi connectivity index (χ3n) is 6.23. The maximum Gasteiger partial charge on any atom is 0.223 e. The number of nitrogens with zero attached hydrogens (tertiary/aromatic N) is 4. The summed E-state index contributed by atoms with van der Waals surface area (Å²) >= 11 is 0. The van der Waals surface area contributed by atoms with Crippen molar-refractivity contribution in [1.82, 2.24) is 19.7 Å². The first-order chi connectivity index (χ1) is 13.9. The molecule has 1 unspecified atom stereocenters. The smallest absolute Gasteiger partial charge is 0.223 e. The highest BCUT2D eigenvalue weighted by molar-refractivity contribution is 7.91. The first kappa shape index (κ1) is 20.0. The van der Waals surface area contributed by atoms with Crippen LogP contribution in [0.25, 0.3) is 0 Å². The van der Waals surface area contributed by atoms with Gasteiger partial charge < -0.3 is 14.2 Å². The Morgan fingerprint density at radius 1 is 1.24 bits per heavy atom. The summed E-state index contributed by atoms with van der Waals surface area (Å²) in [4.78, 5) is 15.0. The van der Waals surface area contributed by atoms with E-state index in [4.69, 9.17) is 4.74 Å². The standard InChI is InChI=1S/C20H26N4O4S/c1-23-15-21-22-19(23)17-13-24(14-20(17)8-10-28-11-9-20)18(25)7-12-29(26,27)16-5-3-2-4-6-16/h2-6,15,17H,7-14H2,1H3. The Bertz CT molecular complexity index is 967. The SMILES string of the molecule is Cn1cnnc1C1CN(C(=O)CCS(=O)(=O)c2ccccc2)CC12CCOCC2. The van der Waals surface area contributed by atoms with Crippen LogP contribution in [-0.4, -0.2) is 66.0 Å². The van der Waals surface area contributed by atoms with E-state index in [1.807, 2.05) is 16.5 Å². The molecule has 2 aromatic rings. The molecule has 0 N–H and O–H groups in total. The maximum atomic E-state index is 12.9. The Morgan fingerprint density at radius 3 is 2.62 bits per heavy atom. The number of carbonyl (C=O) groups is 1. The predicted octanol–water partition coefficient (Wildman–Crippen LogP) is 1.40. The molecule has 2 saturated heterocycles. The Morgan fingerprint density at radius 2 is 1.97 bits per heavy atom. The van der Waals surface area contributed by atoms with Gasteiger partial charge in [-0.3, -0.25) is 4.79 Å². The Kier molecular flexibility index (Phi) is 5.44. The van der Waals surface area contributed by atoms with Crippen molar-refractivity contribution in [2.75, 3.05) is 32.1 Å². The number of benzene rings is 1. The molecule has 2 aliphatic rings. The third-order valence-corrected chi connectivity index (χ3v) is 7.97. The monoisotopic (exact) mass is 418 g/mol. The zero-order chi connectivity index (χ0) is 20.5. The lowest BCUT2D eigenvalue weighted by Gasteiger charge is -2.37.